The van der Waals surface area contributed by atoms with E-state index in [1.165, 1.54) is 0 Å². The van der Waals surface area contributed by atoms with E-state index in [9.17, 15) is 4.79 Å². The number of fused-ring (bicyclic) bond motifs is 1. The van der Waals surface area contributed by atoms with E-state index in [0.29, 0.717) is 18.2 Å². The van der Waals surface area contributed by atoms with Gasteiger partial charge in [0.1, 0.15) is 5.52 Å². The zero-order chi connectivity index (χ0) is 19.0. The molecule has 1 aliphatic rings. The molecule has 2 heterocycles. The van der Waals surface area contributed by atoms with Crippen molar-refractivity contribution in [2.75, 3.05) is 19.0 Å². The van der Waals surface area contributed by atoms with Crippen molar-refractivity contribution >= 4 is 28.4 Å². The average molecular weight is 361 g/mol. The lowest BCUT2D eigenvalue weighted by Crippen LogP contribution is -2.22. The molecule has 3 aromatic rings. The lowest BCUT2D eigenvalue weighted by Gasteiger charge is -2.21. The van der Waals surface area contributed by atoms with E-state index in [2.05, 4.69) is 21.8 Å². The van der Waals surface area contributed by atoms with Crippen molar-refractivity contribution in [1.82, 2.24) is 4.98 Å². The van der Waals surface area contributed by atoms with Gasteiger partial charge in [-0.3, -0.25) is 4.79 Å². The topological polar surface area (TPSA) is 58.7 Å². The number of oxazole rings is 1. The maximum Gasteiger partial charge on any atom is 0.245 e. The molecular weight excluding hydrogens is 338 g/mol. The van der Waals surface area contributed by atoms with Crippen LogP contribution < -0.4 is 4.90 Å². The highest BCUT2D eigenvalue weighted by molar-refractivity contribution is 6.10. The van der Waals surface area contributed by atoms with E-state index in [1.54, 1.807) is 0 Å². The van der Waals surface area contributed by atoms with Gasteiger partial charge in [0.15, 0.2) is 5.58 Å². The number of aromatic nitrogens is 1. The summed E-state index contributed by atoms with van der Waals surface area (Å²) in [7, 11) is 4.02. The fraction of sp³-hybridized carbons (Fsp3) is 0.318. The summed E-state index contributed by atoms with van der Waals surface area (Å²) in [6, 6.07) is 14.0. The number of benzene rings is 2. The van der Waals surface area contributed by atoms with E-state index in [4.69, 9.17) is 4.42 Å². The lowest BCUT2D eigenvalue weighted by atomic mass is 9.88. The SMILES string of the molecule is CCC1CCC(=O)N=C1c1ccc2nc(-c3ccc(N(C)C)cc3)oc2c1. The second kappa shape index (κ2) is 6.99. The second-order valence-electron chi connectivity index (χ2n) is 7.18. The maximum absolute atomic E-state index is 11.8. The summed E-state index contributed by atoms with van der Waals surface area (Å²) in [5.41, 5.74) is 5.42. The molecule has 0 saturated heterocycles. The number of aliphatic imine (C=N–C) groups is 1. The van der Waals surface area contributed by atoms with E-state index >= 15 is 0 Å². The molecule has 2 aromatic carbocycles. The molecule has 1 unspecified atom stereocenters. The Kier molecular flexibility index (Phi) is 4.52. The molecule has 27 heavy (non-hydrogen) atoms. The first kappa shape index (κ1) is 17.5. The van der Waals surface area contributed by atoms with Crippen molar-refractivity contribution in [3.8, 4) is 11.5 Å². The van der Waals surface area contributed by atoms with E-state index in [-0.39, 0.29) is 5.91 Å². The van der Waals surface area contributed by atoms with Gasteiger partial charge in [-0.2, -0.15) is 0 Å². The molecule has 1 aliphatic heterocycles. The van der Waals surface area contributed by atoms with Crippen LogP contribution in [0, 0.1) is 5.92 Å². The normalized spacial score (nSPS) is 17.2. The Morgan fingerprint density at radius 3 is 2.56 bits per heavy atom. The van der Waals surface area contributed by atoms with Crippen molar-refractivity contribution in [2.45, 2.75) is 26.2 Å². The summed E-state index contributed by atoms with van der Waals surface area (Å²) in [4.78, 5) is 22.8. The number of hydrogen-bond donors (Lipinski definition) is 0. The van der Waals surface area contributed by atoms with Crippen LogP contribution in [0.2, 0.25) is 0 Å². The number of anilines is 1. The number of carbonyl (C=O) groups is 1. The van der Waals surface area contributed by atoms with Crippen LogP contribution in [0.4, 0.5) is 5.69 Å². The molecule has 0 N–H and O–H groups in total. The van der Waals surface area contributed by atoms with Crippen LogP contribution >= 0.6 is 0 Å². The van der Waals surface area contributed by atoms with E-state index in [1.807, 2.05) is 56.6 Å². The first-order valence-electron chi connectivity index (χ1n) is 9.35. The Balaban J connectivity index is 1.70. The molecule has 0 bridgehead atoms. The van der Waals surface area contributed by atoms with Crippen LogP contribution in [0.15, 0.2) is 51.9 Å². The molecule has 5 nitrogen and oxygen atoms in total. The minimum Gasteiger partial charge on any atom is -0.436 e. The summed E-state index contributed by atoms with van der Waals surface area (Å²) in [5.74, 6) is 0.885. The molecule has 0 fully saturated rings. The molecule has 0 aliphatic carbocycles. The average Bonchev–Trinajstić information content (AvgIpc) is 3.11. The molecule has 0 spiro atoms. The van der Waals surface area contributed by atoms with Crippen LogP contribution in [-0.4, -0.2) is 30.7 Å². The summed E-state index contributed by atoms with van der Waals surface area (Å²) >= 11 is 0. The predicted octanol–water partition coefficient (Wildman–Crippen LogP) is 4.70. The van der Waals surface area contributed by atoms with Crippen molar-refractivity contribution in [3.05, 3.63) is 48.0 Å². The Morgan fingerprint density at radius 1 is 1.11 bits per heavy atom. The Morgan fingerprint density at radius 2 is 1.85 bits per heavy atom. The van der Waals surface area contributed by atoms with Crippen LogP contribution in [0.25, 0.3) is 22.6 Å². The number of rotatable bonds is 4. The number of amides is 1. The van der Waals surface area contributed by atoms with Crippen LogP contribution in [0.1, 0.15) is 31.7 Å². The summed E-state index contributed by atoms with van der Waals surface area (Å²) in [6.07, 6.45) is 2.38. The van der Waals surface area contributed by atoms with Gasteiger partial charge >= 0.3 is 0 Å². The second-order valence-corrected chi connectivity index (χ2v) is 7.18. The standard InChI is InChI=1S/C22H23N3O2/c1-4-14-8-12-20(26)24-21(14)16-7-11-18-19(13-16)27-22(23-18)15-5-9-17(10-6-15)25(2)3/h5-7,9-11,13-14H,4,8,12H2,1-3H3. The molecule has 138 valence electrons. The van der Waals surface area contributed by atoms with Gasteiger partial charge in [-0.1, -0.05) is 13.0 Å². The van der Waals surface area contributed by atoms with E-state index < -0.39 is 0 Å². The summed E-state index contributed by atoms with van der Waals surface area (Å²) in [6.45, 7) is 2.14. The first-order valence-corrected chi connectivity index (χ1v) is 9.35. The third-order valence-electron chi connectivity index (χ3n) is 5.15. The summed E-state index contributed by atoms with van der Waals surface area (Å²) < 4.78 is 6.02. The van der Waals surface area contributed by atoms with Crippen molar-refractivity contribution in [2.24, 2.45) is 10.9 Å². The third-order valence-corrected chi connectivity index (χ3v) is 5.15. The molecule has 5 heteroatoms. The van der Waals surface area contributed by atoms with Crippen molar-refractivity contribution in [1.29, 1.82) is 0 Å². The van der Waals surface area contributed by atoms with Gasteiger partial charge in [0, 0.05) is 43.2 Å². The smallest absolute Gasteiger partial charge is 0.245 e. The highest BCUT2D eigenvalue weighted by atomic mass is 16.3. The quantitative estimate of drug-likeness (QED) is 0.676. The summed E-state index contributed by atoms with van der Waals surface area (Å²) in [5, 5.41) is 0. The van der Waals surface area contributed by atoms with Crippen LogP contribution in [0.5, 0.6) is 0 Å². The van der Waals surface area contributed by atoms with Gasteiger partial charge in [-0.05, 0) is 49.2 Å². The van der Waals surface area contributed by atoms with Gasteiger partial charge in [-0.25, -0.2) is 9.98 Å². The minimum absolute atomic E-state index is 0.0333. The molecule has 1 amide bonds. The van der Waals surface area contributed by atoms with Gasteiger partial charge in [0.25, 0.3) is 0 Å². The van der Waals surface area contributed by atoms with Crippen molar-refractivity contribution < 1.29 is 9.21 Å². The number of carbonyl (C=O) groups excluding carboxylic acids is 1. The molecule has 0 saturated carbocycles. The fourth-order valence-corrected chi connectivity index (χ4v) is 3.52. The highest BCUT2D eigenvalue weighted by Gasteiger charge is 2.23. The third kappa shape index (κ3) is 3.37. The number of nitrogens with zero attached hydrogens (tertiary/aromatic N) is 3. The monoisotopic (exact) mass is 361 g/mol. The predicted molar refractivity (Wildman–Crippen MR) is 108 cm³/mol. The highest BCUT2D eigenvalue weighted by Crippen LogP contribution is 2.29. The number of hydrogen-bond acceptors (Lipinski definition) is 4. The Bertz CT molecular complexity index is 1020. The minimum atomic E-state index is -0.0333. The molecule has 0 radical (unpaired) electrons. The molecule has 1 atom stereocenters. The first-order chi connectivity index (χ1) is 13.0. The zero-order valence-corrected chi connectivity index (χ0v) is 15.9. The van der Waals surface area contributed by atoms with Gasteiger partial charge in [0.2, 0.25) is 11.8 Å². The largest absolute Gasteiger partial charge is 0.436 e. The van der Waals surface area contributed by atoms with Gasteiger partial charge in [-0.15, -0.1) is 0 Å². The van der Waals surface area contributed by atoms with E-state index in [0.717, 1.165) is 46.5 Å². The maximum atomic E-state index is 11.8. The zero-order valence-electron chi connectivity index (χ0n) is 15.9. The van der Waals surface area contributed by atoms with Crippen LogP contribution in [-0.2, 0) is 4.79 Å². The van der Waals surface area contributed by atoms with Crippen molar-refractivity contribution in [3.63, 3.8) is 0 Å². The molecule has 4 rings (SSSR count). The van der Waals surface area contributed by atoms with Gasteiger partial charge < -0.3 is 9.32 Å². The Labute approximate surface area is 158 Å². The Hall–Kier alpha value is -2.95. The van der Waals surface area contributed by atoms with Crippen LogP contribution in [0.3, 0.4) is 0 Å². The molecule has 1 aromatic heterocycles. The fourth-order valence-electron chi connectivity index (χ4n) is 3.52. The lowest BCUT2D eigenvalue weighted by molar-refractivity contribution is -0.118. The molecular formula is C22H23N3O2. The van der Waals surface area contributed by atoms with Gasteiger partial charge in [0.05, 0.1) is 5.71 Å².